The predicted molar refractivity (Wildman–Crippen MR) is 363 cm³/mol. The zero-order chi connectivity index (χ0) is 59.9. The van der Waals surface area contributed by atoms with Gasteiger partial charge in [-0.25, -0.2) is 0 Å². The Morgan fingerprint density at radius 2 is 0.434 bits per heavy atom. The average Bonchev–Trinajstić information content (AvgIpc) is 3.49. The van der Waals surface area contributed by atoms with Gasteiger partial charge in [0.2, 0.25) is 0 Å². The minimum absolute atomic E-state index is 0.0663. The van der Waals surface area contributed by atoms with Crippen LogP contribution in [0.1, 0.15) is 432 Å². The molecule has 0 amide bonds. The molecule has 0 saturated heterocycles. The van der Waals surface area contributed by atoms with E-state index in [9.17, 15) is 14.4 Å². The second-order valence-corrected chi connectivity index (χ2v) is 25.9. The summed E-state index contributed by atoms with van der Waals surface area (Å²) < 4.78 is 17.0. The molecule has 0 radical (unpaired) electrons. The third-order valence-electron chi connectivity index (χ3n) is 17.5. The van der Waals surface area contributed by atoms with Crippen LogP contribution >= 0.6 is 0 Å². The van der Waals surface area contributed by atoms with Crippen LogP contribution in [0.3, 0.4) is 0 Å². The average molecular weight is 1170 g/mol. The number of hydrogen-bond acceptors (Lipinski definition) is 6. The summed E-state index contributed by atoms with van der Waals surface area (Å²) in [5.41, 5.74) is 0. The number of rotatable bonds is 71. The van der Waals surface area contributed by atoms with E-state index in [1.54, 1.807) is 0 Å². The lowest BCUT2D eigenvalue weighted by Crippen LogP contribution is -2.30. The second kappa shape index (κ2) is 72.4. The minimum atomic E-state index is -0.771. The summed E-state index contributed by atoms with van der Waals surface area (Å²) in [5, 5.41) is 0. The monoisotopic (exact) mass is 1170 g/mol. The zero-order valence-corrected chi connectivity index (χ0v) is 56.5. The number of ether oxygens (including phenoxy) is 3. The number of hydrogen-bond donors (Lipinski definition) is 0. The molecule has 6 nitrogen and oxygen atoms in total. The molecule has 0 fully saturated rings. The summed E-state index contributed by atoms with van der Waals surface area (Å²) >= 11 is 0. The van der Waals surface area contributed by atoms with Crippen molar-refractivity contribution in [2.45, 2.75) is 438 Å². The molecular weight excluding hydrogens is 1020 g/mol. The molecule has 6 heteroatoms. The van der Waals surface area contributed by atoms with Gasteiger partial charge in [-0.15, -0.1) is 0 Å². The smallest absolute Gasteiger partial charge is 0.306 e. The Labute approximate surface area is 519 Å². The van der Waals surface area contributed by atoms with Gasteiger partial charge in [0, 0.05) is 19.3 Å². The molecule has 0 aliphatic carbocycles. The van der Waals surface area contributed by atoms with Gasteiger partial charge in [-0.3, -0.25) is 14.4 Å². The number of carbonyl (C=O) groups is 3. The Morgan fingerprint density at radius 3 is 0.663 bits per heavy atom. The van der Waals surface area contributed by atoms with Gasteiger partial charge >= 0.3 is 17.9 Å². The van der Waals surface area contributed by atoms with E-state index in [1.807, 2.05) is 0 Å². The fraction of sp³-hybridized carbons (Fsp3) is 0.909. The van der Waals surface area contributed by atoms with E-state index in [0.29, 0.717) is 19.3 Å². The predicted octanol–water partition coefficient (Wildman–Crippen LogP) is 26.1. The minimum Gasteiger partial charge on any atom is -0.462 e. The van der Waals surface area contributed by atoms with E-state index in [0.717, 1.165) is 64.2 Å². The summed E-state index contributed by atoms with van der Waals surface area (Å²) in [6, 6.07) is 0. The highest BCUT2D eigenvalue weighted by atomic mass is 16.6. The highest BCUT2D eigenvalue weighted by Gasteiger charge is 2.20. The molecule has 1 unspecified atom stereocenters. The first-order valence-corrected chi connectivity index (χ1v) is 37.8. The highest BCUT2D eigenvalue weighted by molar-refractivity contribution is 5.71. The lowest BCUT2D eigenvalue weighted by atomic mass is 10.0. The van der Waals surface area contributed by atoms with Crippen molar-refractivity contribution in [3.05, 3.63) is 24.3 Å². The summed E-state index contributed by atoms with van der Waals surface area (Å²) in [6.45, 7) is 6.71. The molecule has 0 aliphatic rings. The van der Waals surface area contributed by atoms with Gasteiger partial charge in [0.1, 0.15) is 13.2 Å². The largest absolute Gasteiger partial charge is 0.462 e. The molecule has 0 aromatic rings. The first kappa shape index (κ1) is 80.9. The fourth-order valence-electron chi connectivity index (χ4n) is 11.8. The van der Waals surface area contributed by atoms with Crippen molar-refractivity contribution < 1.29 is 28.6 Å². The first-order chi connectivity index (χ1) is 41.0. The maximum Gasteiger partial charge on any atom is 0.306 e. The molecule has 490 valence electrons. The summed E-state index contributed by atoms with van der Waals surface area (Å²) in [5.74, 6) is -0.836. The van der Waals surface area contributed by atoms with Gasteiger partial charge in [-0.2, -0.15) is 0 Å². The van der Waals surface area contributed by atoms with Crippen LogP contribution in [0.4, 0.5) is 0 Å². The quantitative estimate of drug-likeness (QED) is 0.0261. The van der Waals surface area contributed by atoms with Crippen molar-refractivity contribution in [2.24, 2.45) is 0 Å². The Kier molecular flexibility index (Phi) is 70.5. The number of allylic oxidation sites excluding steroid dienone is 4. The number of carbonyl (C=O) groups excluding carboxylic acids is 3. The van der Waals surface area contributed by atoms with Crippen LogP contribution in [-0.2, 0) is 28.6 Å². The van der Waals surface area contributed by atoms with Gasteiger partial charge in [-0.1, -0.05) is 385 Å². The van der Waals surface area contributed by atoms with Gasteiger partial charge in [0.15, 0.2) is 6.10 Å². The third kappa shape index (κ3) is 70.5. The highest BCUT2D eigenvalue weighted by Crippen LogP contribution is 2.19. The maximum absolute atomic E-state index is 13.0. The summed E-state index contributed by atoms with van der Waals surface area (Å²) in [4.78, 5) is 38.5. The normalized spacial score (nSPS) is 12.1. The topological polar surface area (TPSA) is 78.9 Å². The van der Waals surface area contributed by atoms with E-state index < -0.39 is 6.10 Å². The standard InChI is InChI=1S/C77H146O6/c1-4-7-10-13-16-19-22-25-27-29-31-33-34-35-36-37-38-39-40-41-42-44-45-47-49-52-55-58-61-64-67-70-76(79)82-73-74(72-81-75(78)69-66-63-60-57-54-51-24-21-18-15-12-9-6-3)83-77(80)71-68-65-62-59-56-53-50-48-46-43-32-30-28-26-23-20-17-14-11-8-5-2/h23,26,30,32,74H,4-22,24-25,27-29,31,33-73H2,1-3H3/b26-23-,32-30-. The molecule has 1 atom stereocenters. The lowest BCUT2D eigenvalue weighted by Gasteiger charge is -2.18. The third-order valence-corrected chi connectivity index (χ3v) is 17.5. The molecule has 0 aliphatic heterocycles. The van der Waals surface area contributed by atoms with Crippen LogP contribution in [0, 0.1) is 0 Å². The Balaban J connectivity index is 4.14. The molecule has 0 aromatic carbocycles. The maximum atomic E-state index is 13.0. The SMILES string of the molecule is CCCCCCC/C=C\C/C=C\CCCCCCCCCCCC(=O)OC(COC(=O)CCCCCCCCCCCCCCC)COC(=O)CCCCCCCCCCCCCCCCCCCCCCCCCCCCCCCCC. The Hall–Kier alpha value is -2.11. The first-order valence-electron chi connectivity index (χ1n) is 37.8. The Bertz CT molecular complexity index is 1340. The van der Waals surface area contributed by atoms with Crippen LogP contribution in [0.25, 0.3) is 0 Å². The van der Waals surface area contributed by atoms with Crippen LogP contribution < -0.4 is 0 Å². The molecule has 0 N–H and O–H groups in total. The Morgan fingerprint density at radius 1 is 0.241 bits per heavy atom. The summed E-state index contributed by atoms with van der Waals surface area (Å²) in [7, 11) is 0. The molecule has 0 saturated carbocycles. The molecule has 83 heavy (non-hydrogen) atoms. The zero-order valence-electron chi connectivity index (χ0n) is 56.5. The molecule has 0 aromatic heterocycles. The van der Waals surface area contributed by atoms with Crippen LogP contribution in [0.15, 0.2) is 24.3 Å². The molecule has 0 rings (SSSR count). The molecular formula is C77H146O6. The number of unbranched alkanes of at least 4 members (excludes halogenated alkanes) is 56. The van der Waals surface area contributed by atoms with Gasteiger partial charge in [0.05, 0.1) is 0 Å². The van der Waals surface area contributed by atoms with E-state index in [1.165, 1.54) is 327 Å². The molecule has 0 heterocycles. The van der Waals surface area contributed by atoms with Gasteiger partial charge in [-0.05, 0) is 51.4 Å². The number of esters is 3. The second-order valence-electron chi connectivity index (χ2n) is 25.9. The van der Waals surface area contributed by atoms with Crippen molar-refractivity contribution in [3.8, 4) is 0 Å². The van der Waals surface area contributed by atoms with Crippen molar-refractivity contribution in [1.82, 2.24) is 0 Å². The fourth-order valence-corrected chi connectivity index (χ4v) is 11.8. The van der Waals surface area contributed by atoms with Crippen molar-refractivity contribution in [3.63, 3.8) is 0 Å². The van der Waals surface area contributed by atoms with E-state index >= 15 is 0 Å². The van der Waals surface area contributed by atoms with Gasteiger partial charge < -0.3 is 14.2 Å². The van der Waals surface area contributed by atoms with Crippen molar-refractivity contribution in [2.75, 3.05) is 13.2 Å². The lowest BCUT2D eigenvalue weighted by molar-refractivity contribution is -0.167. The van der Waals surface area contributed by atoms with Crippen molar-refractivity contribution >= 4 is 17.9 Å². The summed E-state index contributed by atoms with van der Waals surface area (Å²) in [6.07, 6.45) is 89.5. The van der Waals surface area contributed by atoms with Crippen LogP contribution in [0.2, 0.25) is 0 Å². The van der Waals surface area contributed by atoms with Crippen LogP contribution in [-0.4, -0.2) is 37.2 Å². The van der Waals surface area contributed by atoms with Crippen LogP contribution in [0.5, 0.6) is 0 Å². The van der Waals surface area contributed by atoms with E-state index in [-0.39, 0.29) is 31.1 Å². The molecule has 0 bridgehead atoms. The van der Waals surface area contributed by atoms with Crippen molar-refractivity contribution in [1.29, 1.82) is 0 Å². The molecule has 0 spiro atoms. The van der Waals surface area contributed by atoms with E-state index in [2.05, 4.69) is 45.1 Å². The van der Waals surface area contributed by atoms with Gasteiger partial charge in [0.25, 0.3) is 0 Å². The van der Waals surface area contributed by atoms with E-state index in [4.69, 9.17) is 14.2 Å².